The first kappa shape index (κ1) is 24.2. The van der Waals surface area contributed by atoms with Gasteiger partial charge in [0.2, 0.25) is 11.8 Å². The van der Waals surface area contributed by atoms with Gasteiger partial charge in [0.05, 0.1) is 33.4 Å². The van der Waals surface area contributed by atoms with E-state index in [-0.39, 0.29) is 22.6 Å². The third kappa shape index (κ3) is 3.54. The van der Waals surface area contributed by atoms with Crippen molar-refractivity contribution in [2.45, 2.75) is 19.0 Å². The molecule has 2 fully saturated rings. The molecule has 3 aliphatic heterocycles. The maximum Gasteiger partial charge on any atom is 0.270 e. The number of imide groups is 1. The number of benzene rings is 3. The average Bonchev–Trinajstić information content (AvgIpc) is 3.40. The van der Waals surface area contributed by atoms with Crippen molar-refractivity contribution in [1.29, 1.82) is 0 Å². The van der Waals surface area contributed by atoms with Gasteiger partial charge in [-0.2, -0.15) is 0 Å². The van der Waals surface area contributed by atoms with Gasteiger partial charge < -0.3 is 4.90 Å². The summed E-state index contributed by atoms with van der Waals surface area (Å²) in [6.07, 6.45) is 3.51. The second-order valence-corrected chi connectivity index (χ2v) is 9.74. The largest absolute Gasteiger partial charge is 0.358 e. The molecule has 0 radical (unpaired) electrons. The van der Waals surface area contributed by atoms with Crippen LogP contribution in [0.4, 0.5) is 17.1 Å². The molecule has 2 saturated heterocycles. The molecule has 0 aliphatic carbocycles. The smallest absolute Gasteiger partial charge is 0.270 e. The Kier molecular flexibility index (Phi) is 5.38. The molecule has 0 aromatic heterocycles. The second kappa shape index (κ2) is 8.69. The number of aryl methyl sites for hydroxylation is 1. The molecule has 0 spiro atoms. The lowest BCUT2D eigenvalue weighted by Gasteiger charge is -2.35. The van der Waals surface area contributed by atoms with Crippen LogP contribution in [-0.2, 0) is 9.59 Å². The topological polar surface area (TPSA) is 144 Å². The van der Waals surface area contributed by atoms with Gasteiger partial charge in [0.15, 0.2) is 5.78 Å². The van der Waals surface area contributed by atoms with Gasteiger partial charge in [-0.15, -0.1) is 0 Å². The van der Waals surface area contributed by atoms with E-state index in [9.17, 15) is 34.6 Å². The number of anilines is 1. The molecule has 0 unspecified atom stereocenters. The van der Waals surface area contributed by atoms with Crippen LogP contribution in [0.3, 0.4) is 0 Å². The number of non-ortho nitro benzene ring substituents is 2. The van der Waals surface area contributed by atoms with E-state index >= 15 is 0 Å². The number of hydrogen-bond donors (Lipinski definition) is 0. The number of ketones is 1. The Hall–Kier alpha value is -5.19. The van der Waals surface area contributed by atoms with Crippen molar-refractivity contribution in [3.63, 3.8) is 0 Å². The Morgan fingerprint density at radius 2 is 1.54 bits per heavy atom. The molecule has 0 bridgehead atoms. The van der Waals surface area contributed by atoms with E-state index in [0.717, 1.165) is 16.0 Å². The van der Waals surface area contributed by atoms with Gasteiger partial charge in [0, 0.05) is 36.0 Å². The number of nitrogens with zero attached hydrogens (tertiary/aromatic N) is 4. The van der Waals surface area contributed by atoms with Crippen LogP contribution in [-0.4, -0.2) is 38.4 Å². The molecule has 2 amide bonds. The van der Waals surface area contributed by atoms with Gasteiger partial charge >= 0.3 is 0 Å². The number of nitro groups is 2. The third-order valence-electron chi connectivity index (χ3n) is 7.70. The number of carbonyl (C=O) groups excluding carboxylic acids is 3. The maximum atomic E-state index is 14.0. The van der Waals surface area contributed by atoms with Crippen LogP contribution in [0.1, 0.15) is 33.1 Å². The van der Waals surface area contributed by atoms with E-state index in [1.165, 1.54) is 42.5 Å². The maximum absolute atomic E-state index is 14.0. The minimum atomic E-state index is -1.09. The van der Waals surface area contributed by atoms with Crippen LogP contribution < -0.4 is 4.90 Å². The van der Waals surface area contributed by atoms with Crippen LogP contribution in [0.25, 0.3) is 6.08 Å². The summed E-state index contributed by atoms with van der Waals surface area (Å²) in [5.41, 5.74) is 1.85. The normalized spacial score (nSPS) is 22.9. The van der Waals surface area contributed by atoms with E-state index in [4.69, 9.17) is 0 Å². The highest BCUT2D eigenvalue weighted by Gasteiger charge is 2.64. The van der Waals surface area contributed by atoms with Crippen LogP contribution in [0.2, 0.25) is 0 Å². The molecule has 4 atom stereocenters. The number of fused-ring (bicyclic) bond motifs is 5. The van der Waals surface area contributed by atoms with Crippen molar-refractivity contribution in [3.05, 3.63) is 115 Å². The first-order valence-electron chi connectivity index (χ1n) is 12.1. The first-order valence-corrected chi connectivity index (χ1v) is 12.1. The van der Waals surface area contributed by atoms with Crippen molar-refractivity contribution in [2.24, 2.45) is 11.8 Å². The van der Waals surface area contributed by atoms with Crippen LogP contribution in [0.5, 0.6) is 0 Å². The van der Waals surface area contributed by atoms with Crippen molar-refractivity contribution in [3.8, 4) is 0 Å². The van der Waals surface area contributed by atoms with Crippen molar-refractivity contribution in [1.82, 2.24) is 4.90 Å². The van der Waals surface area contributed by atoms with E-state index in [0.29, 0.717) is 5.56 Å². The summed E-state index contributed by atoms with van der Waals surface area (Å²) >= 11 is 0. The number of carbonyl (C=O) groups is 3. The molecule has 3 aromatic carbocycles. The Bertz CT molecular complexity index is 1650. The zero-order valence-corrected chi connectivity index (χ0v) is 20.5. The first-order chi connectivity index (χ1) is 18.7. The number of nitro benzene ring substituents is 2. The van der Waals surface area contributed by atoms with Gasteiger partial charge in [0.25, 0.3) is 11.4 Å². The molecule has 0 saturated carbocycles. The van der Waals surface area contributed by atoms with E-state index in [2.05, 4.69) is 0 Å². The fourth-order valence-electron chi connectivity index (χ4n) is 6.04. The van der Waals surface area contributed by atoms with Gasteiger partial charge in [-0.05, 0) is 35.8 Å². The lowest BCUT2D eigenvalue weighted by molar-refractivity contribution is -0.385. The molecule has 11 heteroatoms. The fourth-order valence-corrected chi connectivity index (χ4v) is 6.04. The molecule has 0 N–H and O–H groups in total. The quantitative estimate of drug-likeness (QED) is 0.209. The SMILES string of the molecule is Cc1cc([N+](=O)[O-])ccc1N1C(=O)[C@@H]2[C@H](C1=O)[C@@H]1c3ccccc3C=CN1[C@H]2C(=O)c1cccc([N+](=O)[O-])c1. The summed E-state index contributed by atoms with van der Waals surface area (Å²) in [5.74, 6) is -3.59. The Morgan fingerprint density at radius 3 is 2.26 bits per heavy atom. The molecular weight excluding hydrogens is 504 g/mol. The molecule has 3 heterocycles. The molecule has 3 aromatic rings. The van der Waals surface area contributed by atoms with Crippen LogP contribution >= 0.6 is 0 Å². The minimum Gasteiger partial charge on any atom is -0.358 e. The highest BCUT2D eigenvalue weighted by atomic mass is 16.6. The second-order valence-electron chi connectivity index (χ2n) is 9.74. The molecular formula is C28H20N4O7. The summed E-state index contributed by atoms with van der Waals surface area (Å²) in [7, 11) is 0. The van der Waals surface area contributed by atoms with Gasteiger partial charge in [0.1, 0.15) is 6.04 Å². The molecule has 11 nitrogen and oxygen atoms in total. The Morgan fingerprint density at radius 1 is 0.846 bits per heavy atom. The number of Topliss-reactive ketones (excluding diaryl/α,β-unsaturated/α-hetero) is 1. The molecule has 3 aliphatic rings. The van der Waals surface area contributed by atoms with Gasteiger partial charge in [-0.3, -0.25) is 34.6 Å². The summed E-state index contributed by atoms with van der Waals surface area (Å²) < 4.78 is 0. The van der Waals surface area contributed by atoms with E-state index in [1.54, 1.807) is 18.0 Å². The van der Waals surface area contributed by atoms with Crippen molar-refractivity contribution < 1.29 is 24.2 Å². The highest BCUT2D eigenvalue weighted by Crippen LogP contribution is 2.54. The third-order valence-corrected chi connectivity index (χ3v) is 7.70. The summed E-state index contributed by atoms with van der Waals surface area (Å²) in [6.45, 7) is 1.58. The summed E-state index contributed by atoms with van der Waals surface area (Å²) in [6, 6.07) is 14.9. The standard InChI is InChI=1S/C28H20N4O7/c1-15-13-19(32(38)39)9-10-21(15)30-27(34)22-23(28(30)35)25(26(33)17-6-4-7-18(14-17)31(36)37)29-12-11-16-5-2-3-8-20(16)24(22)29/h2-14,22-25H,1H3/t22-,23+,24-,25+/m0/s1. The van der Waals surface area contributed by atoms with Gasteiger partial charge in [-0.1, -0.05) is 36.4 Å². The predicted octanol–water partition coefficient (Wildman–Crippen LogP) is 4.21. The van der Waals surface area contributed by atoms with Crippen LogP contribution in [0, 0.1) is 39.0 Å². The lowest BCUT2D eigenvalue weighted by atomic mass is 9.83. The number of hydrogen-bond acceptors (Lipinski definition) is 8. The van der Waals surface area contributed by atoms with Crippen molar-refractivity contribution in [2.75, 3.05) is 4.90 Å². The van der Waals surface area contributed by atoms with Gasteiger partial charge in [-0.25, -0.2) is 4.90 Å². The molecule has 6 rings (SSSR count). The predicted molar refractivity (Wildman–Crippen MR) is 139 cm³/mol. The van der Waals surface area contributed by atoms with E-state index < -0.39 is 51.4 Å². The lowest BCUT2D eigenvalue weighted by Crippen LogP contribution is -2.44. The van der Waals surface area contributed by atoms with E-state index in [1.807, 2.05) is 30.3 Å². The number of rotatable bonds is 5. The fraction of sp³-hybridized carbons (Fsp3) is 0.179. The molecule has 194 valence electrons. The van der Waals surface area contributed by atoms with Crippen LogP contribution in [0.15, 0.2) is 72.9 Å². The molecule has 39 heavy (non-hydrogen) atoms. The average molecular weight is 524 g/mol. The number of amides is 2. The summed E-state index contributed by atoms with van der Waals surface area (Å²) in [4.78, 5) is 66.1. The Labute approximate surface area is 221 Å². The van der Waals surface area contributed by atoms with Crippen molar-refractivity contribution >= 4 is 40.7 Å². The summed E-state index contributed by atoms with van der Waals surface area (Å²) in [5, 5.41) is 22.6. The highest BCUT2D eigenvalue weighted by molar-refractivity contribution is 6.25. The Balaban J connectivity index is 1.49. The zero-order chi connectivity index (χ0) is 27.6. The minimum absolute atomic E-state index is 0.0612. The zero-order valence-electron chi connectivity index (χ0n) is 20.5. The monoisotopic (exact) mass is 524 g/mol.